The van der Waals surface area contributed by atoms with Crippen LogP contribution < -0.4 is 11.5 Å². The van der Waals surface area contributed by atoms with Gasteiger partial charge in [-0.2, -0.15) is 0 Å². The fourth-order valence-corrected chi connectivity index (χ4v) is 1.58. The summed E-state index contributed by atoms with van der Waals surface area (Å²) in [6.45, 7) is 7.20. The molecule has 0 aliphatic carbocycles. The summed E-state index contributed by atoms with van der Waals surface area (Å²) >= 11 is 0. The third-order valence-electron chi connectivity index (χ3n) is 2.49. The first kappa shape index (κ1) is 15.3. The Kier molecular flexibility index (Phi) is 5.63. The number of anilines is 2. The summed E-state index contributed by atoms with van der Waals surface area (Å²) in [6.07, 6.45) is 0. The molecule has 0 radical (unpaired) electrons. The molecule has 0 saturated heterocycles. The van der Waals surface area contributed by atoms with Crippen molar-refractivity contribution in [2.75, 3.05) is 31.3 Å². The second kappa shape index (κ2) is 6.99. The number of nitrogens with two attached hydrogens (primary N) is 2. The maximum atomic E-state index is 11.9. The number of rotatable bonds is 6. The van der Waals surface area contributed by atoms with E-state index in [9.17, 15) is 4.79 Å². The molecule has 4 N–H and O–H groups in total. The van der Waals surface area contributed by atoms with E-state index in [1.807, 2.05) is 6.92 Å². The SMILES string of the molecule is Cc1cc(N)c(N)c(C(=O)OCCOCC(C)C)c1. The molecule has 0 amide bonds. The van der Waals surface area contributed by atoms with Gasteiger partial charge in [-0.1, -0.05) is 13.8 Å². The predicted molar refractivity (Wildman–Crippen MR) is 75.9 cm³/mol. The van der Waals surface area contributed by atoms with E-state index in [1.165, 1.54) is 0 Å². The zero-order chi connectivity index (χ0) is 14.4. The van der Waals surface area contributed by atoms with Gasteiger partial charge in [-0.05, 0) is 30.5 Å². The fourth-order valence-electron chi connectivity index (χ4n) is 1.58. The van der Waals surface area contributed by atoms with E-state index < -0.39 is 5.97 Å². The minimum absolute atomic E-state index is 0.207. The molecule has 0 saturated carbocycles. The minimum Gasteiger partial charge on any atom is -0.460 e. The van der Waals surface area contributed by atoms with Crippen LogP contribution in [0.5, 0.6) is 0 Å². The van der Waals surface area contributed by atoms with Crippen molar-refractivity contribution in [2.45, 2.75) is 20.8 Å². The molecule has 0 unspecified atom stereocenters. The summed E-state index contributed by atoms with van der Waals surface area (Å²) in [4.78, 5) is 11.9. The van der Waals surface area contributed by atoms with Gasteiger partial charge in [0.1, 0.15) is 6.61 Å². The lowest BCUT2D eigenvalue weighted by Crippen LogP contribution is -2.14. The lowest BCUT2D eigenvalue weighted by atomic mass is 10.1. The van der Waals surface area contributed by atoms with Gasteiger partial charge in [0.2, 0.25) is 0 Å². The molecule has 5 heteroatoms. The predicted octanol–water partition coefficient (Wildman–Crippen LogP) is 1.99. The number of aryl methyl sites for hydroxylation is 1. The molecule has 0 atom stereocenters. The summed E-state index contributed by atoms with van der Waals surface area (Å²) in [5, 5.41) is 0. The number of nitrogen functional groups attached to an aromatic ring is 2. The molecule has 0 aliphatic rings. The van der Waals surface area contributed by atoms with Crippen LogP contribution in [0.1, 0.15) is 29.8 Å². The van der Waals surface area contributed by atoms with Gasteiger partial charge < -0.3 is 20.9 Å². The second-order valence-corrected chi connectivity index (χ2v) is 4.92. The van der Waals surface area contributed by atoms with Gasteiger partial charge >= 0.3 is 5.97 Å². The van der Waals surface area contributed by atoms with Crippen molar-refractivity contribution in [3.63, 3.8) is 0 Å². The third kappa shape index (κ3) is 4.79. The Labute approximate surface area is 113 Å². The largest absolute Gasteiger partial charge is 0.460 e. The van der Waals surface area contributed by atoms with Crippen molar-refractivity contribution in [3.05, 3.63) is 23.3 Å². The zero-order valence-electron chi connectivity index (χ0n) is 11.7. The molecule has 0 aliphatic heterocycles. The van der Waals surface area contributed by atoms with Crippen molar-refractivity contribution in [3.8, 4) is 0 Å². The molecule has 0 spiro atoms. The summed E-state index contributed by atoms with van der Waals surface area (Å²) in [7, 11) is 0. The van der Waals surface area contributed by atoms with Crippen LogP contribution in [0.2, 0.25) is 0 Å². The Morgan fingerprint density at radius 1 is 1.26 bits per heavy atom. The van der Waals surface area contributed by atoms with E-state index in [-0.39, 0.29) is 12.3 Å². The summed E-state index contributed by atoms with van der Waals surface area (Å²) in [6, 6.07) is 3.39. The highest BCUT2D eigenvalue weighted by atomic mass is 16.6. The van der Waals surface area contributed by atoms with Gasteiger partial charge in [0.15, 0.2) is 0 Å². The number of benzene rings is 1. The molecule has 19 heavy (non-hydrogen) atoms. The number of hydrogen-bond donors (Lipinski definition) is 2. The van der Waals surface area contributed by atoms with Gasteiger partial charge in [-0.15, -0.1) is 0 Å². The molecule has 0 fully saturated rings. The molecule has 1 aromatic rings. The van der Waals surface area contributed by atoms with Crippen molar-refractivity contribution < 1.29 is 14.3 Å². The lowest BCUT2D eigenvalue weighted by molar-refractivity contribution is 0.0278. The Bertz CT molecular complexity index is 445. The molecule has 0 heterocycles. The van der Waals surface area contributed by atoms with Gasteiger partial charge in [-0.3, -0.25) is 0 Å². The van der Waals surface area contributed by atoms with Crippen LogP contribution in [0.25, 0.3) is 0 Å². The number of hydrogen-bond acceptors (Lipinski definition) is 5. The van der Waals surface area contributed by atoms with E-state index in [0.717, 1.165) is 5.56 Å². The standard InChI is InChI=1S/C14H22N2O3/c1-9(2)8-18-4-5-19-14(17)11-6-10(3)7-12(15)13(11)16/h6-7,9H,4-5,8,15-16H2,1-3H3. The average molecular weight is 266 g/mol. The summed E-state index contributed by atoms with van der Waals surface area (Å²) < 4.78 is 10.4. The minimum atomic E-state index is -0.471. The maximum Gasteiger partial charge on any atom is 0.340 e. The molecule has 1 rings (SSSR count). The monoisotopic (exact) mass is 266 g/mol. The highest BCUT2D eigenvalue weighted by Crippen LogP contribution is 2.22. The molecule has 5 nitrogen and oxygen atoms in total. The van der Waals surface area contributed by atoms with E-state index in [2.05, 4.69) is 13.8 Å². The molecule has 0 aromatic heterocycles. The first-order valence-corrected chi connectivity index (χ1v) is 6.32. The number of esters is 1. The van der Waals surface area contributed by atoms with Crippen molar-refractivity contribution in [1.82, 2.24) is 0 Å². The zero-order valence-corrected chi connectivity index (χ0v) is 11.7. The first-order chi connectivity index (χ1) is 8.91. The van der Waals surface area contributed by atoms with E-state index in [4.69, 9.17) is 20.9 Å². The van der Waals surface area contributed by atoms with Gasteiger partial charge in [0.05, 0.1) is 23.5 Å². The quantitative estimate of drug-likeness (QED) is 0.467. The fraction of sp³-hybridized carbons (Fsp3) is 0.500. The van der Waals surface area contributed by atoms with Crippen LogP contribution in [-0.2, 0) is 9.47 Å². The normalized spacial score (nSPS) is 10.7. The van der Waals surface area contributed by atoms with Crippen LogP contribution in [0.3, 0.4) is 0 Å². The van der Waals surface area contributed by atoms with E-state index >= 15 is 0 Å². The van der Waals surface area contributed by atoms with Crippen LogP contribution in [0, 0.1) is 12.8 Å². The average Bonchev–Trinajstić information content (AvgIpc) is 2.32. The molecular formula is C14H22N2O3. The molecular weight excluding hydrogens is 244 g/mol. The van der Waals surface area contributed by atoms with Crippen LogP contribution in [0.15, 0.2) is 12.1 Å². The summed E-state index contributed by atoms with van der Waals surface area (Å²) in [5.74, 6) is -0.0102. The molecule has 106 valence electrons. The molecule has 0 bridgehead atoms. The van der Waals surface area contributed by atoms with Crippen LogP contribution in [0.4, 0.5) is 11.4 Å². The van der Waals surface area contributed by atoms with Crippen LogP contribution in [-0.4, -0.2) is 25.8 Å². The number of carbonyl (C=O) groups is 1. The lowest BCUT2D eigenvalue weighted by Gasteiger charge is -2.11. The van der Waals surface area contributed by atoms with Gasteiger partial charge in [0.25, 0.3) is 0 Å². The van der Waals surface area contributed by atoms with Gasteiger partial charge in [0, 0.05) is 6.61 Å². The second-order valence-electron chi connectivity index (χ2n) is 4.92. The Morgan fingerprint density at radius 2 is 1.95 bits per heavy atom. The van der Waals surface area contributed by atoms with Gasteiger partial charge in [-0.25, -0.2) is 4.79 Å². The van der Waals surface area contributed by atoms with E-state index in [0.29, 0.717) is 30.4 Å². The Morgan fingerprint density at radius 3 is 2.58 bits per heavy atom. The highest BCUT2D eigenvalue weighted by molar-refractivity contribution is 5.98. The van der Waals surface area contributed by atoms with Crippen molar-refractivity contribution in [2.24, 2.45) is 5.92 Å². The Balaban J connectivity index is 2.50. The van der Waals surface area contributed by atoms with E-state index in [1.54, 1.807) is 12.1 Å². The van der Waals surface area contributed by atoms with Crippen molar-refractivity contribution >= 4 is 17.3 Å². The summed E-state index contributed by atoms with van der Waals surface area (Å²) in [5.41, 5.74) is 13.3. The maximum absolute atomic E-state index is 11.9. The number of ether oxygens (including phenoxy) is 2. The smallest absolute Gasteiger partial charge is 0.340 e. The number of carbonyl (C=O) groups excluding carboxylic acids is 1. The first-order valence-electron chi connectivity index (χ1n) is 6.32. The Hall–Kier alpha value is -1.75. The van der Waals surface area contributed by atoms with Crippen molar-refractivity contribution in [1.29, 1.82) is 0 Å². The molecule has 1 aromatic carbocycles. The highest BCUT2D eigenvalue weighted by Gasteiger charge is 2.13. The van der Waals surface area contributed by atoms with Crippen LogP contribution >= 0.6 is 0 Å². The topological polar surface area (TPSA) is 87.6 Å². The third-order valence-corrected chi connectivity index (χ3v) is 2.49.